The number of fused-ring (bicyclic) bond motifs is 1. The minimum atomic E-state index is -1.47. The van der Waals surface area contributed by atoms with E-state index in [1.807, 2.05) is 0 Å². The van der Waals surface area contributed by atoms with E-state index in [9.17, 15) is 24.9 Å². The van der Waals surface area contributed by atoms with Gasteiger partial charge in [0.25, 0.3) is 5.91 Å². The molecule has 1 aliphatic heterocycles. The Morgan fingerprint density at radius 2 is 2.11 bits per heavy atom. The molecule has 186 valence electrons. The number of thioether (sulfide) groups is 1. The smallest absolute Gasteiger partial charge is 0.534 e. The van der Waals surface area contributed by atoms with Gasteiger partial charge in [0, 0.05) is 18.2 Å². The predicted molar refractivity (Wildman–Crippen MR) is 132 cm³/mol. The second-order valence-electron chi connectivity index (χ2n) is 8.53. The fourth-order valence-electron chi connectivity index (χ4n) is 4.32. The number of amides is 1. The highest BCUT2D eigenvalue weighted by molar-refractivity contribution is 8.01. The number of aromatic nitrogens is 1. The summed E-state index contributed by atoms with van der Waals surface area (Å²) in [4.78, 5) is 28.7. The fourth-order valence-corrected chi connectivity index (χ4v) is 6.34. The molecule has 1 fully saturated rings. The van der Waals surface area contributed by atoms with Gasteiger partial charge in [0.15, 0.2) is 10.1 Å². The number of rotatable bonds is 8. The van der Waals surface area contributed by atoms with Crippen molar-refractivity contribution in [3.8, 4) is 5.75 Å². The zero-order valence-electron chi connectivity index (χ0n) is 19.0. The summed E-state index contributed by atoms with van der Waals surface area (Å²) in [5, 5.41) is 36.6. The number of benzene rings is 1. The quantitative estimate of drug-likeness (QED) is 0.136. The molecule has 4 N–H and O–H groups in total. The summed E-state index contributed by atoms with van der Waals surface area (Å²) in [5.74, 6) is -1.18. The highest BCUT2D eigenvalue weighted by atomic mass is 32.2. The molecule has 1 aliphatic carbocycles. The second-order valence-corrected chi connectivity index (χ2v) is 10.7. The molecule has 2 heterocycles. The largest absolute Gasteiger partial charge is 0.547 e. The molecule has 10 nitrogen and oxygen atoms in total. The molecule has 0 bridgehead atoms. The number of thiazole rings is 1. The first kappa shape index (κ1) is 25.5. The number of ether oxygens (including phenoxy) is 1. The normalized spacial score (nSPS) is 22.3. The maximum absolute atomic E-state index is 12.8. The van der Waals surface area contributed by atoms with Gasteiger partial charge >= 0.3 is 13.1 Å². The third kappa shape index (κ3) is 5.97. The van der Waals surface area contributed by atoms with Gasteiger partial charge in [-0.2, -0.15) is 0 Å². The number of methoxy groups -OCH3 is 1. The van der Waals surface area contributed by atoms with Crippen LogP contribution < -0.4 is 9.97 Å². The molecule has 35 heavy (non-hydrogen) atoms. The van der Waals surface area contributed by atoms with Gasteiger partial charge in [-0.1, -0.05) is 29.1 Å². The van der Waals surface area contributed by atoms with E-state index in [0.29, 0.717) is 17.6 Å². The summed E-state index contributed by atoms with van der Waals surface area (Å²) in [7, 11) is 0.283. The van der Waals surface area contributed by atoms with Crippen molar-refractivity contribution in [1.82, 2.24) is 10.3 Å². The van der Waals surface area contributed by atoms with Crippen LogP contribution >= 0.6 is 23.1 Å². The molecule has 1 atom stereocenters. The van der Waals surface area contributed by atoms with Crippen molar-refractivity contribution >= 4 is 47.8 Å². The van der Waals surface area contributed by atoms with E-state index in [4.69, 9.17) is 9.39 Å². The average Bonchev–Trinajstić information content (AvgIpc) is 3.32. The lowest BCUT2D eigenvalue weighted by molar-refractivity contribution is -0.115. The van der Waals surface area contributed by atoms with Crippen molar-refractivity contribution < 1.29 is 34.3 Å². The number of carbonyl (C=O) groups excluding carboxylic acids is 1. The molecule has 2 aromatic rings. The van der Waals surface area contributed by atoms with Crippen LogP contribution in [0.3, 0.4) is 0 Å². The number of carboxylic acids is 1. The van der Waals surface area contributed by atoms with Crippen molar-refractivity contribution in [3.05, 3.63) is 40.4 Å². The zero-order valence-corrected chi connectivity index (χ0v) is 20.7. The first-order valence-electron chi connectivity index (χ1n) is 11.2. The van der Waals surface area contributed by atoms with Gasteiger partial charge in [0.1, 0.15) is 11.4 Å². The molecular formula is C22H26BN3O7S2. The molecule has 13 heteroatoms. The minimum absolute atomic E-state index is 0.0665. The van der Waals surface area contributed by atoms with E-state index in [1.54, 1.807) is 36.4 Å². The highest BCUT2D eigenvalue weighted by Crippen LogP contribution is 2.33. The lowest BCUT2D eigenvalue weighted by atomic mass is 9.72. The van der Waals surface area contributed by atoms with Crippen LogP contribution in [0, 0.1) is 5.92 Å². The van der Waals surface area contributed by atoms with Crippen LogP contribution in [0.15, 0.2) is 33.1 Å². The Morgan fingerprint density at radius 1 is 1.34 bits per heavy atom. The van der Waals surface area contributed by atoms with Crippen molar-refractivity contribution in [2.45, 2.75) is 48.5 Å². The molecular weight excluding hydrogens is 493 g/mol. The molecule has 2 aliphatic rings. The topological polar surface area (TPSA) is 151 Å². The van der Waals surface area contributed by atoms with Gasteiger partial charge in [0.2, 0.25) is 0 Å². The van der Waals surface area contributed by atoms with Crippen molar-refractivity contribution in [1.29, 1.82) is 0 Å². The van der Waals surface area contributed by atoms with Gasteiger partial charge in [-0.15, -0.1) is 11.3 Å². The van der Waals surface area contributed by atoms with Gasteiger partial charge in [-0.3, -0.25) is 4.79 Å². The van der Waals surface area contributed by atoms with Gasteiger partial charge in [0.05, 0.1) is 17.6 Å². The maximum Gasteiger partial charge on any atom is 0.547 e. The highest BCUT2D eigenvalue weighted by Gasteiger charge is 2.38. The summed E-state index contributed by atoms with van der Waals surface area (Å²) >= 11 is 2.99. The minimum Gasteiger partial charge on any atom is -0.534 e. The lowest BCUT2D eigenvalue weighted by Crippen LogP contribution is -2.54. The van der Waals surface area contributed by atoms with Crippen LogP contribution in [0.2, 0.25) is 0 Å². The Balaban J connectivity index is 1.36. The van der Waals surface area contributed by atoms with E-state index < -0.39 is 24.9 Å². The average molecular weight is 519 g/mol. The number of nitrogens with zero attached hydrogens (tertiary/aromatic N) is 2. The zero-order chi connectivity index (χ0) is 24.9. The number of nitrogens with one attached hydrogen (secondary N) is 1. The predicted octanol–water partition coefficient (Wildman–Crippen LogP) is 2.46. The van der Waals surface area contributed by atoms with Crippen molar-refractivity contribution in [2.75, 3.05) is 12.9 Å². The number of hydrogen-bond donors (Lipinski definition) is 4. The van der Waals surface area contributed by atoms with E-state index in [2.05, 4.69) is 15.5 Å². The van der Waals surface area contributed by atoms with Crippen LogP contribution in [-0.4, -0.2) is 69.9 Å². The Hall–Kier alpha value is -2.61. The molecule has 0 spiro atoms. The third-order valence-corrected chi connectivity index (χ3v) is 8.53. The molecule has 0 unspecified atom stereocenters. The monoisotopic (exact) mass is 519 g/mol. The SMILES string of the molecule is COC1CCC(CSc2nc(/C(=N/O)C(=O)N[C@H]3Cc4cccc(C(=O)O)c4OB3O)cs2)CC1. The van der Waals surface area contributed by atoms with E-state index in [-0.39, 0.29) is 29.1 Å². The Kier molecular flexibility index (Phi) is 8.32. The van der Waals surface area contributed by atoms with E-state index >= 15 is 0 Å². The van der Waals surface area contributed by atoms with Crippen LogP contribution in [0.4, 0.5) is 0 Å². The van der Waals surface area contributed by atoms with Gasteiger partial charge < -0.3 is 30.0 Å². The van der Waals surface area contributed by atoms with Gasteiger partial charge in [-0.05, 0) is 49.7 Å². The van der Waals surface area contributed by atoms with E-state index in [1.165, 1.54) is 17.4 Å². The summed E-state index contributed by atoms with van der Waals surface area (Å²) in [6.45, 7) is 0. The van der Waals surface area contributed by atoms with Gasteiger partial charge in [-0.25, -0.2) is 9.78 Å². The van der Waals surface area contributed by atoms with E-state index in [0.717, 1.165) is 35.8 Å². The molecule has 0 radical (unpaired) electrons. The summed E-state index contributed by atoms with van der Waals surface area (Å²) < 4.78 is 11.6. The molecule has 1 saturated carbocycles. The number of carbonyl (C=O) groups is 2. The first-order chi connectivity index (χ1) is 16.9. The molecule has 1 amide bonds. The summed E-state index contributed by atoms with van der Waals surface area (Å²) in [5.41, 5.74) is 0.435. The number of hydrogen-bond acceptors (Lipinski definition) is 10. The molecule has 1 aromatic heterocycles. The lowest BCUT2D eigenvalue weighted by Gasteiger charge is -2.28. The fraction of sp³-hybridized carbons (Fsp3) is 0.455. The van der Waals surface area contributed by atoms with Crippen LogP contribution in [0.25, 0.3) is 0 Å². The molecule has 1 aromatic carbocycles. The molecule has 0 saturated heterocycles. The number of oxime groups is 1. The van der Waals surface area contributed by atoms with Crippen LogP contribution in [-0.2, 0) is 16.0 Å². The van der Waals surface area contributed by atoms with Crippen LogP contribution in [0.1, 0.15) is 47.3 Å². The second kappa shape index (κ2) is 11.4. The summed E-state index contributed by atoms with van der Waals surface area (Å²) in [6, 6.07) is 4.62. The Labute approximate surface area is 210 Å². The first-order valence-corrected chi connectivity index (χ1v) is 13.1. The summed E-state index contributed by atoms with van der Waals surface area (Å²) in [6.07, 6.45) is 4.84. The third-order valence-electron chi connectivity index (χ3n) is 6.28. The van der Waals surface area contributed by atoms with Crippen molar-refractivity contribution in [3.63, 3.8) is 0 Å². The Morgan fingerprint density at radius 3 is 2.80 bits per heavy atom. The standard InChI is InChI=1S/C22H26BN3O7S2/c1-32-14-7-5-12(6-8-14)10-34-22-24-16(11-35-22)18(26-31)20(27)25-17-9-13-3-2-4-15(21(28)29)19(13)33-23(17)30/h2-4,11-12,14,17,30-31H,5-10H2,1H3,(H,25,27)(H,28,29)/b26-18-/t12?,14?,17-/m0/s1. The number of aromatic carboxylic acids is 1. The number of para-hydroxylation sites is 1. The Bertz CT molecular complexity index is 1100. The van der Waals surface area contributed by atoms with Crippen molar-refractivity contribution in [2.24, 2.45) is 11.1 Å². The maximum atomic E-state index is 12.8. The molecule has 4 rings (SSSR count). The van der Waals surface area contributed by atoms with Crippen LogP contribution in [0.5, 0.6) is 5.75 Å². The number of carboxylic acid groups (broad SMARTS) is 1.